The van der Waals surface area contributed by atoms with Gasteiger partial charge in [0.2, 0.25) is 0 Å². The van der Waals surface area contributed by atoms with Crippen LogP contribution in [-0.2, 0) is 14.3 Å². The predicted molar refractivity (Wildman–Crippen MR) is 81.0 cm³/mol. The van der Waals surface area contributed by atoms with E-state index in [0.717, 1.165) is 24.2 Å². The largest absolute Gasteiger partial charge is 0.460 e. The molecular formula is C17H19NO5. The molecule has 0 radical (unpaired) electrons. The van der Waals surface area contributed by atoms with Crippen LogP contribution in [0.5, 0.6) is 0 Å². The summed E-state index contributed by atoms with van der Waals surface area (Å²) < 4.78 is 10.7. The Balaban J connectivity index is 1.56. The first-order valence-corrected chi connectivity index (χ1v) is 7.79. The molecule has 0 spiro atoms. The van der Waals surface area contributed by atoms with Crippen LogP contribution in [0.4, 0.5) is 0 Å². The number of methoxy groups -OCH3 is 1. The van der Waals surface area contributed by atoms with Crippen molar-refractivity contribution in [3.8, 4) is 0 Å². The maximum absolute atomic E-state index is 12.2. The van der Waals surface area contributed by atoms with E-state index < -0.39 is 5.97 Å². The Labute approximate surface area is 134 Å². The zero-order chi connectivity index (χ0) is 16.4. The van der Waals surface area contributed by atoms with Gasteiger partial charge in [-0.2, -0.15) is 0 Å². The molecule has 0 N–H and O–H groups in total. The number of benzene rings is 1. The Bertz CT molecular complexity index is 607. The lowest BCUT2D eigenvalue weighted by atomic mass is 10.1. The zero-order valence-corrected chi connectivity index (χ0v) is 13.0. The molecule has 1 saturated carbocycles. The van der Waals surface area contributed by atoms with Crippen molar-refractivity contribution in [2.24, 2.45) is 0 Å². The molecule has 6 nitrogen and oxygen atoms in total. The summed E-state index contributed by atoms with van der Waals surface area (Å²) in [7, 11) is 1.61. The molecule has 3 rings (SSSR count). The van der Waals surface area contributed by atoms with Gasteiger partial charge in [0.15, 0.2) is 0 Å². The van der Waals surface area contributed by atoms with Crippen molar-refractivity contribution in [1.29, 1.82) is 0 Å². The summed E-state index contributed by atoms with van der Waals surface area (Å²) in [4.78, 5) is 37.5. The molecule has 1 aromatic carbocycles. The van der Waals surface area contributed by atoms with Crippen LogP contribution in [0.15, 0.2) is 24.3 Å². The molecule has 1 aliphatic carbocycles. The van der Waals surface area contributed by atoms with Crippen LogP contribution < -0.4 is 0 Å². The highest BCUT2D eigenvalue weighted by Crippen LogP contribution is 2.25. The van der Waals surface area contributed by atoms with Crippen LogP contribution >= 0.6 is 0 Å². The minimum absolute atomic E-state index is 0.00158. The monoisotopic (exact) mass is 317 g/mol. The molecule has 6 heteroatoms. The highest BCUT2D eigenvalue weighted by Gasteiger charge is 2.36. The lowest BCUT2D eigenvalue weighted by molar-refractivity contribution is -0.154. The van der Waals surface area contributed by atoms with Crippen LogP contribution in [0.25, 0.3) is 0 Å². The highest BCUT2D eigenvalue weighted by molar-refractivity contribution is 6.21. The fourth-order valence-corrected chi connectivity index (χ4v) is 3.17. The predicted octanol–water partition coefficient (Wildman–Crippen LogP) is 1.78. The van der Waals surface area contributed by atoms with Crippen molar-refractivity contribution in [2.75, 3.05) is 13.7 Å². The summed E-state index contributed by atoms with van der Waals surface area (Å²) in [6, 6.07) is 6.67. The number of esters is 1. The van der Waals surface area contributed by atoms with Gasteiger partial charge in [0.05, 0.1) is 23.7 Å². The second-order valence-electron chi connectivity index (χ2n) is 5.79. The summed E-state index contributed by atoms with van der Waals surface area (Å²) >= 11 is 0. The van der Waals surface area contributed by atoms with Gasteiger partial charge in [0.1, 0.15) is 6.10 Å². The van der Waals surface area contributed by atoms with E-state index in [9.17, 15) is 14.4 Å². The van der Waals surface area contributed by atoms with E-state index in [1.54, 1.807) is 31.4 Å². The number of ether oxygens (including phenoxy) is 2. The fraction of sp³-hybridized carbons (Fsp3) is 0.471. The van der Waals surface area contributed by atoms with Gasteiger partial charge in [0.25, 0.3) is 11.8 Å². The van der Waals surface area contributed by atoms with Crippen molar-refractivity contribution in [2.45, 2.75) is 37.9 Å². The van der Waals surface area contributed by atoms with Crippen molar-refractivity contribution in [3.05, 3.63) is 35.4 Å². The van der Waals surface area contributed by atoms with Gasteiger partial charge in [-0.1, -0.05) is 12.1 Å². The van der Waals surface area contributed by atoms with E-state index in [1.165, 1.54) is 0 Å². The first kappa shape index (κ1) is 15.7. The van der Waals surface area contributed by atoms with E-state index in [0.29, 0.717) is 11.1 Å². The maximum Gasteiger partial charge on any atom is 0.307 e. The minimum Gasteiger partial charge on any atom is -0.460 e. The molecule has 23 heavy (non-hydrogen) atoms. The number of amides is 2. The van der Waals surface area contributed by atoms with E-state index in [4.69, 9.17) is 9.47 Å². The van der Waals surface area contributed by atoms with Crippen LogP contribution in [0.3, 0.4) is 0 Å². The molecule has 2 aliphatic rings. The normalized spacial score (nSPS) is 23.3. The van der Waals surface area contributed by atoms with E-state index in [2.05, 4.69) is 0 Å². The number of imide groups is 1. The van der Waals surface area contributed by atoms with Gasteiger partial charge in [0, 0.05) is 13.7 Å². The summed E-state index contributed by atoms with van der Waals surface area (Å²) in [5.74, 6) is -1.11. The topological polar surface area (TPSA) is 72.9 Å². The lowest BCUT2D eigenvalue weighted by Gasteiger charge is -2.19. The molecule has 2 atom stereocenters. The summed E-state index contributed by atoms with van der Waals surface area (Å²) in [5, 5.41) is 0. The number of fused-ring (bicyclic) bond motifs is 1. The molecule has 122 valence electrons. The fourth-order valence-electron chi connectivity index (χ4n) is 3.17. The Hall–Kier alpha value is -2.21. The highest BCUT2D eigenvalue weighted by atomic mass is 16.6. The smallest absolute Gasteiger partial charge is 0.307 e. The summed E-state index contributed by atoms with van der Waals surface area (Å²) in [5.41, 5.74) is 0.780. The van der Waals surface area contributed by atoms with Gasteiger partial charge in [-0.25, -0.2) is 0 Å². The van der Waals surface area contributed by atoms with E-state index in [-0.39, 0.29) is 37.0 Å². The molecule has 1 aliphatic heterocycles. The van der Waals surface area contributed by atoms with Crippen molar-refractivity contribution in [3.63, 3.8) is 0 Å². The number of hydrogen-bond acceptors (Lipinski definition) is 5. The molecule has 0 bridgehead atoms. The first-order chi connectivity index (χ1) is 11.1. The molecule has 2 amide bonds. The maximum atomic E-state index is 12.2. The van der Waals surface area contributed by atoms with Crippen LogP contribution in [0.2, 0.25) is 0 Å². The molecule has 0 aromatic heterocycles. The van der Waals surface area contributed by atoms with Gasteiger partial charge in [-0.15, -0.1) is 0 Å². The quantitative estimate of drug-likeness (QED) is 0.611. The van der Waals surface area contributed by atoms with Gasteiger partial charge < -0.3 is 9.47 Å². The average Bonchev–Trinajstić information content (AvgIpc) is 3.10. The Morgan fingerprint density at radius 1 is 1.13 bits per heavy atom. The van der Waals surface area contributed by atoms with Crippen molar-refractivity contribution >= 4 is 17.8 Å². The first-order valence-electron chi connectivity index (χ1n) is 7.79. The molecule has 1 aromatic rings. The number of rotatable bonds is 5. The second kappa shape index (κ2) is 6.50. The molecule has 1 heterocycles. The van der Waals surface area contributed by atoms with Gasteiger partial charge >= 0.3 is 5.97 Å². The van der Waals surface area contributed by atoms with Gasteiger partial charge in [-0.05, 0) is 31.4 Å². The summed E-state index contributed by atoms with van der Waals surface area (Å²) in [6.45, 7) is 0.0373. The molecular weight excluding hydrogens is 298 g/mol. The summed E-state index contributed by atoms with van der Waals surface area (Å²) in [6.07, 6.45) is 2.35. The number of carbonyl (C=O) groups is 3. The van der Waals surface area contributed by atoms with Crippen LogP contribution in [0.1, 0.15) is 46.4 Å². The molecule has 0 unspecified atom stereocenters. The molecule has 1 fully saturated rings. The average molecular weight is 317 g/mol. The minimum atomic E-state index is -0.407. The van der Waals surface area contributed by atoms with E-state index in [1.807, 2.05) is 0 Å². The number of nitrogens with zero attached hydrogens (tertiary/aromatic N) is 1. The van der Waals surface area contributed by atoms with Crippen molar-refractivity contribution < 1.29 is 23.9 Å². The Morgan fingerprint density at radius 2 is 1.74 bits per heavy atom. The van der Waals surface area contributed by atoms with E-state index >= 15 is 0 Å². The standard InChI is InChI=1S/C17H19NO5/c1-22-13-7-4-8-14(13)23-15(19)9-10-18-16(20)11-5-2-3-6-12(11)17(18)21/h2-3,5-6,13-14H,4,7-10H2,1H3/t13-,14+/m1/s1. The van der Waals surface area contributed by atoms with Crippen LogP contribution in [0, 0.1) is 0 Å². The Morgan fingerprint density at radius 3 is 2.35 bits per heavy atom. The number of hydrogen-bond donors (Lipinski definition) is 0. The SMILES string of the molecule is CO[C@@H]1CCC[C@@H]1OC(=O)CCN1C(=O)c2ccccc2C1=O. The van der Waals surface area contributed by atoms with Gasteiger partial charge in [-0.3, -0.25) is 19.3 Å². The lowest BCUT2D eigenvalue weighted by Crippen LogP contribution is -2.33. The zero-order valence-electron chi connectivity index (χ0n) is 13.0. The third kappa shape index (κ3) is 2.99. The van der Waals surface area contributed by atoms with Crippen LogP contribution in [-0.4, -0.2) is 48.5 Å². The Kier molecular flexibility index (Phi) is 4.43. The molecule has 0 saturated heterocycles. The number of carbonyl (C=O) groups excluding carboxylic acids is 3. The second-order valence-corrected chi connectivity index (χ2v) is 5.79. The third-order valence-corrected chi connectivity index (χ3v) is 4.40. The third-order valence-electron chi connectivity index (χ3n) is 4.40. The van der Waals surface area contributed by atoms with Crippen molar-refractivity contribution in [1.82, 2.24) is 4.90 Å².